The summed E-state index contributed by atoms with van der Waals surface area (Å²) in [5, 5.41) is 0. The van der Waals surface area contributed by atoms with Crippen molar-refractivity contribution in [3.63, 3.8) is 0 Å². The predicted octanol–water partition coefficient (Wildman–Crippen LogP) is 7.43. The van der Waals surface area contributed by atoms with E-state index in [4.69, 9.17) is 4.74 Å². The molecule has 0 aliphatic heterocycles. The van der Waals surface area contributed by atoms with Crippen molar-refractivity contribution in [3.8, 4) is 5.75 Å². The average Bonchev–Trinajstić information content (AvgIpc) is 2.70. The number of ether oxygens (including phenoxy) is 1. The lowest BCUT2D eigenvalue weighted by atomic mass is 9.49. The lowest BCUT2D eigenvalue weighted by Crippen LogP contribution is -2.50. The normalized spacial score (nSPS) is 27.5. The number of para-hydroxylation sites is 1. The second kappa shape index (κ2) is 8.11. The molecule has 0 radical (unpaired) electrons. The molecule has 31 heavy (non-hydrogen) atoms. The molecule has 2 aromatic rings. The summed E-state index contributed by atoms with van der Waals surface area (Å²) in [6.07, 6.45) is 6.28. The van der Waals surface area contributed by atoms with Crippen LogP contribution in [0.3, 0.4) is 0 Å². The number of hydrogen-bond acceptors (Lipinski definition) is 2. The first-order chi connectivity index (χ1) is 14.6. The summed E-state index contributed by atoms with van der Waals surface area (Å²) in [7, 11) is 0. The number of benzene rings is 2. The average molecular weight is 419 g/mol. The highest BCUT2D eigenvalue weighted by Crippen LogP contribution is 2.58. The van der Waals surface area contributed by atoms with Crippen LogP contribution in [-0.4, -0.2) is 5.97 Å². The molecule has 4 rings (SSSR count). The third-order valence-corrected chi connectivity index (χ3v) is 8.34. The summed E-state index contributed by atoms with van der Waals surface area (Å²) in [6, 6.07) is 13.2. The largest absolute Gasteiger partial charge is 0.426 e. The van der Waals surface area contributed by atoms with Gasteiger partial charge in [-0.05, 0) is 90.0 Å². The Kier molecular flexibility index (Phi) is 5.79. The zero-order chi connectivity index (χ0) is 22.4. The van der Waals surface area contributed by atoms with E-state index in [0.29, 0.717) is 18.3 Å². The number of carbonyl (C=O) groups excluding carboxylic acids is 1. The van der Waals surface area contributed by atoms with Gasteiger partial charge in [0.25, 0.3) is 0 Å². The van der Waals surface area contributed by atoms with Gasteiger partial charge in [0, 0.05) is 0 Å². The number of hydrogen-bond donors (Lipinski definition) is 0. The monoisotopic (exact) mass is 418 g/mol. The van der Waals surface area contributed by atoms with Gasteiger partial charge < -0.3 is 4.74 Å². The van der Waals surface area contributed by atoms with Crippen LogP contribution < -0.4 is 4.74 Å². The summed E-state index contributed by atoms with van der Waals surface area (Å²) in [5.74, 6) is 1.73. The van der Waals surface area contributed by atoms with Crippen molar-refractivity contribution in [2.75, 3.05) is 0 Å². The number of esters is 1. The molecule has 0 bridgehead atoms. The van der Waals surface area contributed by atoms with E-state index in [1.807, 2.05) is 32.0 Å². The molecule has 0 aromatic heterocycles. The minimum atomic E-state index is -0.0786. The van der Waals surface area contributed by atoms with E-state index < -0.39 is 0 Å². The van der Waals surface area contributed by atoms with Crippen LogP contribution in [0.5, 0.6) is 5.75 Å². The summed E-state index contributed by atoms with van der Waals surface area (Å²) >= 11 is 0. The molecule has 0 amide bonds. The van der Waals surface area contributed by atoms with Crippen LogP contribution in [0.15, 0.2) is 36.4 Å². The third kappa shape index (κ3) is 3.95. The molecule has 166 valence electrons. The molecule has 0 heterocycles. The van der Waals surface area contributed by atoms with E-state index in [1.165, 1.54) is 29.5 Å². The number of rotatable bonds is 4. The van der Waals surface area contributed by atoms with Crippen molar-refractivity contribution in [1.82, 2.24) is 0 Å². The van der Waals surface area contributed by atoms with Gasteiger partial charge in [-0.15, -0.1) is 0 Å². The fourth-order valence-electron chi connectivity index (χ4n) is 6.65. The van der Waals surface area contributed by atoms with Crippen LogP contribution in [0.2, 0.25) is 0 Å². The second-order valence-electron chi connectivity index (χ2n) is 11.0. The second-order valence-corrected chi connectivity index (χ2v) is 11.0. The van der Waals surface area contributed by atoms with Gasteiger partial charge in [-0.1, -0.05) is 70.5 Å². The first kappa shape index (κ1) is 22.1. The van der Waals surface area contributed by atoms with Crippen molar-refractivity contribution in [2.45, 2.75) is 91.4 Å². The van der Waals surface area contributed by atoms with Gasteiger partial charge in [-0.3, -0.25) is 4.79 Å². The standard InChI is InChI=1S/C29H38O2/c1-19(2)22-11-13-24-23(17-22)12-14-25-28(5,15-8-16-29(24,25)6)18-26(30)31-27-20(3)9-7-10-21(27)4/h7,9-11,13,17,19,25H,8,12,14-16,18H2,1-6H3/t25-,28-,29+/m0/s1. The Labute approximate surface area is 188 Å². The smallest absolute Gasteiger partial charge is 0.311 e. The zero-order valence-corrected chi connectivity index (χ0v) is 20.2. The lowest BCUT2D eigenvalue weighted by Gasteiger charge is -2.55. The Bertz CT molecular complexity index is 968. The molecule has 2 aliphatic rings. The molecule has 2 aliphatic carbocycles. The van der Waals surface area contributed by atoms with E-state index in [2.05, 4.69) is 45.9 Å². The van der Waals surface area contributed by atoms with E-state index in [9.17, 15) is 4.79 Å². The molecule has 1 fully saturated rings. The SMILES string of the molecule is Cc1cccc(C)c1OC(=O)C[C@]1(C)CCC[C@]2(C)c3ccc(C(C)C)cc3CC[C@@H]12. The maximum absolute atomic E-state index is 13.1. The van der Waals surface area contributed by atoms with Crippen molar-refractivity contribution >= 4 is 5.97 Å². The van der Waals surface area contributed by atoms with Crippen molar-refractivity contribution in [3.05, 3.63) is 64.2 Å². The maximum Gasteiger partial charge on any atom is 0.311 e. The Hall–Kier alpha value is -2.09. The van der Waals surface area contributed by atoms with Gasteiger partial charge in [-0.2, -0.15) is 0 Å². The van der Waals surface area contributed by atoms with E-state index >= 15 is 0 Å². The van der Waals surface area contributed by atoms with Gasteiger partial charge in [0.2, 0.25) is 0 Å². The van der Waals surface area contributed by atoms with Gasteiger partial charge in [-0.25, -0.2) is 0 Å². The Morgan fingerprint density at radius 3 is 2.48 bits per heavy atom. The third-order valence-electron chi connectivity index (χ3n) is 8.34. The van der Waals surface area contributed by atoms with E-state index in [0.717, 1.165) is 36.1 Å². The topological polar surface area (TPSA) is 26.3 Å². The highest BCUT2D eigenvalue weighted by atomic mass is 16.5. The maximum atomic E-state index is 13.1. The summed E-state index contributed by atoms with van der Waals surface area (Å²) < 4.78 is 5.93. The molecule has 0 N–H and O–H groups in total. The first-order valence-electron chi connectivity index (χ1n) is 12.0. The van der Waals surface area contributed by atoms with E-state index in [1.54, 1.807) is 0 Å². The fraction of sp³-hybridized carbons (Fsp3) is 0.552. The van der Waals surface area contributed by atoms with Crippen LogP contribution in [0.25, 0.3) is 0 Å². The molecular weight excluding hydrogens is 380 g/mol. The quantitative estimate of drug-likeness (QED) is 0.381. The Balaban J connectivity index is 1.59. The van der Waals surface area contributed by atoms with Crippen molar-refractivity contribution in [2.24, 2.45) is 11.3 Å². The van der Waals surface area contributed by atoms with Crippen LogP contribution in [-0.2, 0) is 16.6 Å². The zero-order valence-electron chi connectivity index (χ0n) is 20.2. The molecular formula is C29H38O2. The van der Waals surface area contributed by atoms with Gasteiger partial charge in [0.1, 0.15) is 5.75 Å². The van der Waals surface area contributed by atoms with Gasteiger partial charge in [0.05, 0.1) is 6.42 Å². The number of fused-ring (bicyclic) bond motifs is 3. The molecule has 3 atom stereocenters. The minimum Gasteiger partial charge on any atom is -0.426 e. The molecule has 1 saturated carbocycles. The van der Waals surface area contributed by atoms with Crippen LogP contribution in [0, 0.1) is 25.2 Å². The number of carbonyl (C=O) groups is 1. The van der Waals surface area contributed by atoms with Crippen molar-refractivity contribution < 1.29 is 9.53 Å². The van der Waals surface area contributed by atoms with Gasteiger partial charge >= 0.3 is 5.97 Å². The van der Waals surface area contributed by atoms with Crippen LogP contribution in [0.1, 0.15) is 93.5 Å². The minimum absolute atomic E-state index is 0.0188. The fourth-order valence-corrected chi connectivity index (χ4v) is 6.65. The lowest BCUT2D eigenvalue weighted by molar-refractivity contribution is -0.139. The molecule has 0 spiro atoms. The molecule has 2 heteroatoms. The molecule has 2 aromatic carbocycles. The highest BCUT2D eigenvalue weighted by molar-refractivity contribution is 5.74. The van der Waals surface area contributed by atoms with Crippen LogP contribution in [0.4, 0.5) is 0 Å². The Morgan fingerprint density at radius 2 is 1.81 bits per heavy atom. The number of aryl methyl sites for hydroxylation is 3. The first-order valence-corrected chi connectivity index (χ1v) is 12.0. The highest BCUT2D eigenvalue weighted by Gasteiger charge is 2.52. The molecule has 2 nitrogen and oxygen atoms in total. The summed E-state index contributed by atoms with van der Waals surface area (Å²) in [5.41, 5.74) is 6.69. The predicted molar refractivity (Wildman–Crippen MR) is 128 cm³/mol. The van der Waals surface area contributed by atoms with Gasteiger partial charge in [0.15, 0.2) is 0 Å². The molecule has 0 saturated heterocycles. The summed E-state index contributed by atoms with van der Waals surface area (Å²) in [6.45, 7) is 13.4. The van der Waals surface area contributed by atoms with Crippen LogP contribution >= 0.6 is 0 Å². The molecule has 0 unspecified atom stereocenters. The Morgan fingerprint density at radius 1 is 1.10 bits per heavy atom. The van der Waals surface area contributed by atoms with Crippen molar-refractivity contribution in [1.29, 1.82) is 0 Å². The summed E-state index contributed by atoms with van der Waals surface area (Å²) in [4.78, 5) is 13.1. The van der Waals surface area contributed by atoms with E-state index in [-0.39, 0.29) is 16.8 Å².